The normalized spacial score (nSPS) is 12.9. The third-order valence-corrected chi connectivity index (χ3v) is 2.93. The number of Topliss-reactive ketones (excluding diaryl/α,β-unsaturated/α-hetero) is 1. The zero-order valence-corrected chi connectivity index (χ0v) is 9.97. The molecule has 1 aromatic carbocycles. The van der Waals surface area contributed by atoms with Crippen LogP contribution in [0.3, 0.4) is 0 Å². The molecular formula is C13H16F2O. The largest absolute Gasteiger partial charge is 0.294 e. The lowest BCUT2D eigenvalue weighted by molar-refractivity contribution is 0.0895. The number of benzene rings is 1. The molecule has 1 unspecified atom stereocenters. The Hall–Kier alpha value is -1.25. The minimum absolute atomic E-state index is 0.0138. The van der Waals surface area contributed by atoms with Crippen molar-refractivity contribution in [2.24, 2.45) is 11.8 Å². The number of ketones is 1. The quantitative estimate of drug-likeness (QED) is 0.717. The second-order valence-electron chi connectivity index (χ2n) is 4.48. The van der Waals surface area contributed by atoms with E-state index in [9.17, 15) is 13.6 Å². The van der Waals surface area contributed by atoms with Crippen LogP contribution in [0.15, 0.2) is 12.1 Å². The van der Waals surface area contributed by atoms with E-state index in [-0.39, 0.29) is 23.2 Å². The van der Waals surface area contributed by atoms with Gasteiger partial charge in [0, 0.05) is 12.0 Å². The van der Waals surface area contributed by atoms with Gasteiger partial charge in [0.25, 0.3) is 0 Å². The topological polar surface area (TPSA) is 17.1 Å². The molecule has 0 aliphatic carbocycles. The van der Waals surface area contributed by atoms with Crippen molar-refractivity contribution in [1.82, 2.24) is 0 Å². The summed E-state index contributed by atoms with van der Waals surface area (Å²) in [6, 6.07) is 2.06. The molecule has 16 heavy (non-hydrogen) atoms. The first-order valence-corrected chi connectivity index (χ1v) is 5.34. The summed E-state index contributed by atoms with van der Waals surface area (Å²) >= 11 is 0. The lowest BCUT2D eigenvalue weighted by atomic mass is 9.89. The van der Waals surface area contributed by atoms with Gasteiger partial charge in [0.15, 0.2) is 5.78 Å². The van der Waals surface area contributed by atoms with Crippen molar-refractivity contribution < 1.29 is 13.6 Å². The van der Waals surface area contributed by atoms with E-state index in [0.717, 1.165) is 6.07 Å². The van der Waals surface area contributed by atoms with Crippen LogP contribution in [-0.2, 0) is 0 Å². The molecule has 0 heterocycles. The van der Waals surface area contributed by atoms with Crippen LogP contribution in [0.1, 0.15) is 36.7 Å². The Morgan fingerprint density at radius 1 is 1.12 bits per heavy atom. The fourth-order valence-electron chi connectivity index (χ4n) is 1.39. The van der Waals surface area contributed by atoms with Crippen LogP contribution in [0.4, 0.5) is 8.78 Å². The monoisotopic (exact) mass is 226 g/mol. The standard InChI is InChI=1S/C13H16F2O/c1-7(2)9(4)13(16)10-5-8(3)11(14)6-12(10)15/h5-7,9H,1-4H3. The van der Waals surface area contributed by atoms with Gasteiger partial charge in [0.1, 0.15) is 11.6 Å². The molecule has 0 aromatic heterocycles. The van der Waals surface area contributed by atoms with Crippen molar-refractivity contribution in [1.29, 1.82) is 0 Å². The SMILES string of the molecule is Cc1cc(C(=O)C(C)C(C)C)c(F)cc1F. The molecule has 0 saturated heterocycles. The first kappa shape index (κ1) is 12.8. The van der Waals surface area contributed by atoms with E-state index < -0.39 is 11.6 Å². The Morgan fingerprint density at radius 2 is 1.69 bits per heavy atom. The predicted molar refractivity (Wildman–Crippen MR) is 59.4 cm³/mol. The Bertz CT molecular complexity index is 411. The Morgan fingerprint density at radius 3 is 2.19 bits per heavy atom. The third kappa shape index (κ3) is 2.46. The van der Waals surface area contributed by atoms with Gasteiger partial charge < -0.3 is 0 Å². The number of rotatable bonds is 3. The van der Waals surface area contributed by atoms with Crippen molar-refractivity contribution in [3.8, 4) is 0 Å². The average molecular weight is 226 g/mol. The van der Waals surface area contributed by atoms with Crippen LogP contribution in [0.5, 0.6) is 0 Å². The van der Waals surface area contributed by atoms with Gasteiger partial charge in [-0.3, -0.25) is 4.79 Å². The fraction of sp³-hybridized carbons (Fsp3) is 0.462. The van der Waals surface area contributed by atoms with Crippen LogP contribution in [0, 0.1) is 30.4 Å². The summed E-state index contributed by atoms with van der Waals surface area (Å²) in [6.07, 6.45) is 0. The number of hydrogen-bond donors (Lipinski definition) is 0. The molecule has 1 rings (SSSR count). The van der Waals surface area contributed by atoms with Crippen LogP contribution < -0.4 is 0 Å². The molecule has 3 heteroatoms. The van der Waals surface area contributed by atoms with E-state index in [4.69, 9.17) is 0 Å². The highest BCUT2D eigenvalue weighted by Crippen LogP contribution is 2.21. The molecule has 0 amide bonds. The Kier molecular flexibility index (Phi) is 3.79. The highest BCUT2D eigenvalue weighted by Gasteiger charge is 2.22. The second kappa shape index (κ2) is 4.73. The number of carbonyl (C=O) groups excluding carboxylic acids is 1. The van der Waals surface area contributed by atoms with Crippen molar-refractivity contribution in [2.75, 3.05) is 0 Å². The Labute approximate surface area is 94.5 Å². The van der Waals surface area contributed by atoms with Crippen molar-refractivity contribution in [3.63, 3.8) is 0 Å². The molecule has 1 atom stereocenters. The first-order valence-electron chi connectivity index (χ1n) is 5.34. The molecule has 0 saturated carbocycles. The fourth-order valence-corrected chi connectivity index (χ4v) is 1.39. The minimum Gasteiger partial charge on any atom is -0.294 e. The van der Waals surface area contributed by atoms with E-state index in [0.29, 0.717) is 5.56 Å². The summed E-state index contributed by atoms with van der Waals surface area (Å²) < 4.78 is 26.5. The van der Waals surface area contributed by atoms with E-state index >= 15 is 0 Å². The van der Waals surface area contributed by atoms with Gasteiger partial charge in [-0.25, -0.2) is 8.78 Å². The van der Waals surface area contributed by atoms with E-state index in [1.165, 1.54) is 13.0 Å². The van der Waals surface area contributed by atoms with Crippen molar-refractivity contribution in [3.05, 3.63) is 34.9 Å². The van der Waals surface area contributed by atoms with Gasteiger partial charge in [0.2, 0.25) is 0 Å². The van der Waals surface area contributed by atoms with E-state index in [2.05, 4.69) is 0 Å². The summed E-state index contributed by atoms with van der Waals surface area (Å²) in [5.41, 5.74) is 0.279. The highest BCUT2D eigenvalue weighted by atomic mass is 19.1. The first-order chi connectivity index (χ1) is 7.34. The molecule has 0 bridgehead atoms. The molecule has 88 valence electrons. The molecule has 0 aliphatic rings. The van der Waals surface area contributed by atoms with Gasteiger partial charge in [-0.1, -0.05) is 20.8 Å². The molecule has 0 spiro atoms. The van der Waals surface area contributed by atoms with Gasteiger partial charge in [0.05, 0.1) is 5.56 Å². The maximum absolute atomic E-state index is 13.4. The summed E-state index contributed by atoms with van der Waals surface area (Å²) in [4.78, 5) is 11.9. The highest BCUT2D eigenvalue weighted by molar-refractivity contribution is 5.98. The number of halogens is 2. The molecule has 1 nitrogen and oxygen atoms in total. The zero-order chi connectivity index (χ0) is 12.5. The minimum atomic E-state index is -0.777. The summed E-state index contributed by atoms with van der Waals surface area (Å²) in [6.45, 7) is 7.07. The smallest absolute Gasteiger partial charge is 0.168 e. The molecule has 0 aliphatic heterocycles. The van der Waals surface area contributed by atoms with Crippen molar-refractivity contribution >= 4 is 5.78 Å². The van der Waals surface area contributed by atoms with Gasteiger partial charge >= 0.3 is 0 Å². The average Bonchev–Trinajstić information content (AvgIpc) is 2.21. The maximum atomic E-state index is 13.4. The molecule has 0 N–H and O–H groups in total. The van der Waals surface area contributed by atoms with Crippen LogP contribution in [0.25, 0.3) is 0 Å². The zero-order valence-electron chi connectivity index (χ0n) is 9.97. The third-order valence-electron chi connectivity index (χ3n) is 2.93. The number of aryl methyl sites for hydroxylation is 1. The lowest BCUT2D eigenvalue weighted by Gasteiger charge is -2.15. The number of carbonyl (C=O) groups is 1. The summed E-state index contributed by atoms with van der Waals surface area (Å²) in [5, 5.41) is 0. The van der Waals surface area contributed by atoms with Crippen LogP contribution in [-0.4, -0.2) is 5.78 Å². The van der Waals surface area contributed by atoms with E-state index in [1.54, 1.807) is 6.92 Å². The van der Waals surface area contributed by atoms with Crippen molar-refractivity contribution in [2.45, 2.75) is 27.7 Å². The van der Waals surface area contributed by atoms with Gasteiger partial charge in [-0.2, -0.15) is 0 Å². The maximum Gasteiger partial charge on any atom is 0.168 e. The molecule has 1 aromatic rings. The lowest BCUT2D eigenvalue weighted by Crippen LogP contribution is -2.18. The molecule has 0 radical (unpaired) electrons. The van der Waals surface area contributed by atoms with E-state index in [1.807, 2.05) is 13.8 Å². The van der Waals surface area contributed by atoms with Gasteiger partial charge in [-0.15, -0.1) is 0 Å². The second-order valence-corrected chi connectivity index (χ2v) is 4.48. The van der Waals surface area contributed by atoms with Gasteiger partial charge in [-0.05, 0) is 24.5 Å². The molecule has 0 fully saturated rings. The number of hydrogen-bond acceptors (Lipinski definition) is 1. The summed E-state index contributed by atoms with van der Waals surface area (Å²) in [7, 11) is 0. The van der Waals surface area contributed by atoms with Crippen LogP contribution >= 0.6 is 0 Å². The predicted octanol–water partition coefficient (Wildman–Crippen LogP) is 3.75. The Balaban J connectivity index is 3.14. The molecular weight excluding hydrogens is 210 g/mol. The summed E-state index contributed by atoms with van der Waals surface area (Å²) in [5.74, 6) is -1.79. The van der Waals surface area contributed by atoms with Crippen LogP contribution in [0.2, 0.25) is 0 Å².